The highest BCUT2D eigenvalue weighted by atomic mass is 35.5. The summed E-state index contributed by atoms with van der Waals surface area (Å²) < 4.78 is 2.10. The second-order valence-corrected chi connectivity index (χ2v) is 2.87. The number of halogens is 2. The Bertz CT molecular complexity index is 327. The Labute approximate surface area is 102 Å². The van der Waals surface area contributed by atoms with Crippen LogP contribution >= 0.6 is 12.4 Å². The van der Waals surface area contributed by atoms with Crippen molar-refractivity contribution in [3.05, 3.63) is 60.7 Å². The lowest BCUT2D eigenvalue weighted by Crippen LogP contribution is -3.00. The maximum absolute atomic E-state index is 4.25. The van der Waals surface area contributed by atoms with Crippen LogP contribution in [-0.4, -0.2) is 4.98 Å². The van der Waals surface area contributed by atoms with Gasteiger partial charge in [0.2, 0.25) is 0 Å². The van der Waals surface area contributed by atoms with Crippen molar-refractivity contribution < 1.29 is 17.0 Å². The summed E-state index contributed by atoms with van der Waals surface area (Å²) in [4.78, 5) is 4.25. The van der Waals surface area contributed by atoms with Gasteiger partial charge in [-0.05, 0) is 12.1 Å². The largest absolute Gasteiger partial charge is 1.00 e. The zero-order valence-corrected chi connectivity index (χ0v) is 9.66. The van der Waals surface area contributed by atoms with E-state index in [0.29, 0.717) is 0 Å². The SMILES string of the molecule is Cl.[Cl-].c1cc[n+](Cc2ccccn2)cc1. The fourth-order valence-corrected chi connectivity index (χ4v) is 1.22. The van der Waals surface area contributed by atoms with Crippen LogP contribution in [0.5, 0.6) is 0 Å². The Kier molecular flexibility index (Phi) is 6.67. The molecule has 15 heavy (non-hydrogen) atoms. The quantitative estimate of drug-likeness (QED) is 0.608. The molecule has 80 valence electrons. The molecule has 2 heterocycles. The molecule has 2 nitrogen and oxygen atoms in total. The molecule has 4 heteroatoms. The van der Waals surface area contributed by atoms with Crippen LogP contribution in [0.1, 0.15) is 5.69 Å². The van der Waals surface area contributed by atoms with Crippen LogP contribution in [0, 0.1) is 0 Å². The Morgan fingerprint density at radius 2 is 1.73 bits per heavy atom. The summed E-state index contributed by atoms with van der Waals surface area (Å²) in [6, 6.07) is 12.0. The van der Waals surface area contributed by atoms with Crippen molar-refractivity contribution in [2.45, 2.75) is 6.54 Å². The van der Waals surface area contributed by atoms with Gasteiger partial charge in [-0.3, -0.25) is 4.98 Å². The third kappa shape index (κ3) is 4.28. The standard InChI is InChI=1S/C11H11N2.2ClH/c1-4-8-13(9-5-1)10-11-6-2-3-7-12-11;;/h1-9H,10H2;2*1H/q+1;;/p-1. The first-order chi connectivity index (χ1) is 6.45. The Morgan fingerprint density at radius 1 is 1.00 bits per heavy atom. The predicted octanol–water partition coefficient (Wildman–Crippen LogP) is -1.16. The molecular weight excluding hydrogens is 231 g/mol. The summed E-state index contributed by atoms with van der Waals surface area (Å²) in [7, 11) is 0. The van der Waals surface area contributed by atoms with Gasteiger partial charge in [-0.15, -0.1) is 12.4 Å². The second kappa shape index (κ2) is 7.21. The molecule has 0 aliphatic rings. The van der Waals surface area contributed by atoms with Gasteiger partial charge in [0.05, 0.1) is 0 Å². The second-order valence-electron chi connectivity index (χ2n) is 2.87. The molecule has 2 aromatic heterocycles. The number of hydrogen-bond donors (Lipinski definition) is 0. The Hall–Kier alpha value is -1.12. The Morgan fingerprint density at radius 3 is 2.33 bits per heavy atom. The zero-order valence-electron chi connectivity index (χ0n) is 8.08. The van der Waals surface area contributed by atoms with Crippen molar-refractivity contribution in [2.24, 2.45) is 0 Å². The van der Waals surface area contributed by atoms with Crippen molar-refractivity contribution in [2.75, 3.05) is 0 Å². The van der Waals surface area contributed by atoms with Crippen molar-refractivity contribution in [3.63, 3.8) is 0 Å². The van der Waals surface area contributed by atoms with E-state index in [-0.39, 0.29) is 24.8 Å². The van der Waals surface area contributed by atoms with E-state index in [1.54, 1.807) is 0 Å². The molecule has 0 amide bonds. The van der Waals surface area contributed by atoms with Gasteiger partial charge in [0.25, 0.3) is 0 Å². The summed E-state index contributed by atoms with van der Waals surface area (Å²) in [5.41, 5.74) is 1.08. The Balaban J connectivity index is 0.000000980. The number of pyridine rings is 2. The first kappa shape index (κ1) is 13.9. The van der Waals surface area contributed by atoms with E-state index in [0.717, 1.165) is 12.2 Å². The van der Waals surface area contributed by atoms with Crippen LogP contribution in [0.15, 0.2) is 55.0 Å². The lowest BCUT2D eigenvalue weighted by molar-refractivity contribution is -0.688. The zero-order chi connectivity index (χ0) is 8.93. The fourth-order valence-electron chi connectivity index (χ4n) is 1.22. The topological polar surface area (TPSA) is 16.8 Å². The molecule has 0 N–H and O–H groups in total. The van der Waals surface area contributed by atoms with E-state index < -0.39 is 0 Å². The molecule has 0 unspecified atom stereocenters. The average molecular weight is 243 g/mol. The molecule has 2 aromatic rings. The molecule has 0 spiro atoms. The van der Waals surface area contributed by atoms with Gasteiger partial charge in [0.15, 0.2) is 18.9 Å². The minimum Gasteiger partial charge on any atom is -1.00 e. The van der Waals surface area contributed by atoms with E-state index in [2.05, 4.69) is 9.55 Å². The molecule has 0 saturated carbocycles. The average Bonchev–Trinajstić information content (AvgIpc) is 2.21. The van der Waals surface area contributed by atoms with Gasteiger partial charge in [0, 0.05) is 18.3 Å². The van der Waals surface area contributed by atoms with Crippen LogP contribution in [0.3, 0.4) is 0 Å². The van der Waals surface area contributed by atoms with Gasteiger partial charge >= 0.3 is 0 Å². The summed E-state index contributed by atoms with van der Waals surface area (Å²) in [6.45, 7) is 0.835. The lowest BCUT2D eigenvalue weighted by Gasteiger charge is -1.94. The van der Waals surface area contributed by atoms with Crippen molar-refractivity contribution in [1.29, 1.82) is 0 Å². The molecule has 0 radical (unpaired) electrons. The van der Waals surface area contributed by atoms with E-state index in [1.165, 1.54) is 0 Å². The summed E-state index contributed by atoms with van der Waals surface area (Å²) in [6.07, 6.45) is 5.89. The summed E-state index contributed by atoms with van der Waals surface area (Å²) in [5, 5.41) is 0. The maximum Gasteiger partial charge on any atom is 0.190 e. The summed E-state index contributed by atoms with van der Waals surface area (Å²) >= 11 is 0. The van der Waals surface area contributed by atoms with Crippen LogP contribution in [0.25, 0.3) is 0 Å². The highest BCUT2D eigenvalue weighted by Gasteiger charge is 1.99. The molecular formula is C11H12Cl2N2. The first-order valence-corrected chi connectivity index (χ1v) is 4.29. The monoisotopic (exact) mass is 242 g/mol. The van der Waals surface area contributed by atoms with Crippen LogP contribution in [-0.2, 0) is 6.54 Å². The minimum atomic E-state index is 0. The third-order valence-electron chi connectivity index (χ3n) is 1.85. The van der Waals surface area contributed by atoms with Gasteiger partial charge in [-0.25, -0.2) is 0 Å². The lowest BCUT2D eigenvalue weighted by atomic mass is 10.3. The normalized spacial score (nSPS) is 8.53. The van der Waals surface area contributed by atoms with Crippen LogP contribution < -0.4 is 17.0 Å². The van der Waals surface area contributed by atoms with E-state index in [4.69, 9.17) is 0 Å². The molecule has 0 aliphatic heterocycles. The molecule has 0 aromatic carbocycles. The fraction of sp³-hybridized carbons (Fsp3) is 0.0909. The van der Waals surface area contributed by atoms with E-state index in [9.17, 15) is 0 Å². The number of hydrogen-bond acceptors (Lipinski definition) is 1. The first-order valence-electron chi connectivity index (χ1n) is 4.29. The number of rotatable bonds is 2. The van der Waals surface area contributed by atoms with Crippen LogP contribution in [0.4, 0.5) is 0 Å². The van der Waals surface area contributed by atoms with Gasteiger partial charge in [-0.2, -0.15) is 4.57 Å². The van der Waals surface area contributed by atoms with Crippen molar-refractivity contribution in [1.82, 2.24) is 4.98 Å². The van der Waals surface area contributed by atoms with Crippen molar-refractivity contribution in [3.8, 4) is 0 Å². The van der Waals surface area contributed by atoms with Crippen LogP contribution in [0.2, 0.25) is 0 Å². The molecule has 0 saturated heterocycles. The molecule has 0 bridgehead atoms. The van der Waals surface area contributed by atoms with Gasteiger partial charge < -0.3 is 12.4 Å². The van der Waals surface area contributed by atoms with Crippen molar-refractivity contribution >= 4 is 12.4 Å². The highest BCUT2D eigenvalue weighted by molar-refractivity contribution is 5.85. The highest BCUT2D eigenvalue weighted by Crippen LogP contribution is 1.91. The van der Waals surface area contributed by atoms with Gasteiger partial charge in [0.1, 0.15) is 5.69 Å². The maximum atomic E-state index is 4.25. The molecule has 0 atom stereocenters. The predicted molar refractivity (Wildman–Crippen MR) is 57.2 cm³/mol. The minimum absolute atomic E-state index is 0. The summed E-state index contributed by atoms with van der Waals surface area (Å²) in [5.74, 6) is 0. The smallest absolute Gasteiger partial charge is 0.190 e. The third-order valence-corrected chi connectivity index (χ3v) is 1.85. The molecule has 0 fully saturated rings. The van der Waals surface area contributed by atoms with E-state index >= 15 is 0 Å². The number of aromatic nitrogens is 2. The molecule has 0 aliphatic carbocycles. The number of nitrogens with zero attached hydrogens (tertiary/aromatic N) is 2. The van der Waals surface area contributed by atoms with E-state index in [1.807, 2.05) is 55.0 Å². The molecule has 2 rings (SSSR count). The van der Waals surface area contributed by atoms with Gasteiger partial charge in [-0.1, -0.05) is 12.1 Å².